The van der Waals surface area contributed by atoms with E-state index < -0.39 is 21.3 Å². The van der Waals surface area contributed by atoms with Gasteiger partial charge in [-0.25, -0.2) is 0 Å². The molecule has 0 aromatic carbocycles. The SMILES string of the molecule is C[Si](C)(C)C#CC1C2C3[CH]([Ge]([CH3])([CH3])[CH3])[C@H]1C[C@H]23. The second kappa shape index (κ2) is 3.45. The molecule has 0 heterocycles. The topological polar surface area (TPSA) is 0 Å². The van der Waals surface area contributed by atoms with Crippen LogP contribution in [0.5, 0.6) is 0 Å². The summed E-state index contributed by atoms with van der Waals surface area (Å²) in [5.74, 6) is 16.8. The van der Waals surface area contributed by atoms with Crippen molar-refractivity contribution in [3.63, 3.8) is 0 Å². The van der Waals surface area contributed by atoms with Crippen molar-refractivity contribution in [2.24, 2.45) is 29.6 Å². The summed E-state index contributed by atoms with van der Waals surface area (Å²) in [6.07, 6.45) is 1.55. The molecule has 0 saturated heterocycles. The van der Waals surface area contributed by atoms with Crippen molar-refractivity contribution in [1.82, 2.24) is 0 Å². The second-order valence-electron chi connectivity index (χ2n) is 8.66. The fourth-order valence-electron chi connectivity index (χ4n) is 4.88. The van der Waals surface area contributed by atoms with Crippen LogP contribution in [0, 0.1) is 41.1 Å². The summed E-state index contributed by atoms with van der Waals surface area (Å²) in [6, 6.07) is 0. The van der Waals surface area contributed by atoms with Crippen LogP contribution in [0.15, 0.2) is 0 Å². The van der Waals surface area contributed by atoms with Crippen LogP contribution < -0.4 is 0 Å². The molecule has 0 spiro atoms. The van der Waals surface area contributed by atoms with Crippen LogP contribution >= 0.6 is 0 Å². The Hall–Kier alpha value is 0.320. The maximum absolute atomic E-state index is 3.75. The molecule has 4 bridgehead atoms. The molecule has 2 heteroatoms. The summed E-state index contributed by atoms with van der Waals surface area (Å²) in [7, 11) is -1.16. The Labute approximate surface area is 110 Å². The summed E-state index contributed by atoms with van der Waals surface area (Å²) in [5.41, 5.74) is 3.66. The quantitative estimate of drug-likeness (QED) is 0.506. The summed E-state index contributed by atoms with van der Waals surface area (Å²) >= 11 is -1.45. The molecule has 0 aliphatic heterocycles. The molecule has 4 unspecified atom stereocenters. The number of rotatable bonds is 1. The van der Waals surface area contributed by atoms with E-state index in [9.17, 15) is 0 Å². The number of hydrogen-bond donors (Lipinski definition) is 0. The fourth-order valence-corrected chi connectivity index (χ4v) is 12.3. The Bertz CT molecular complexity index is 403. The summed E-state index contributed by atoms with van der Waals surface area (Å²) in [5, 5.41) is 0. The van der Waals surface area contributed by atoms with E-state index in [4.69, 9.17) is 0 Å². The van der Waals surface area contributed by atoms with Crippen molar-refractivity contribution in [2.75, 3.05) is 0 Å². The normalized spacial score (nSPS) is 46.7. The Morgan fingerprint density at radius 1 is 1.00 bits per heavy atom. The van der Waals surface area contributed by atoms with Gasteiger partial charge in [0.05, 0.1) is 0 Å². The minimum absolute atomic E-state index is 0.826. The first kappa shape index (κ1) is 12.4. The van der Waals surface area contributed by atoms with Crippen molar-refractivity contribution in [1.29, 1.82) is 0 Å². The van der Waals surface area contributed by atoms with Crippen LogP contribution in [0.25, 0.3) is 0 Å². The van der Waals surface area contributed by atoms with E-state index in [-0.39, 0.29) is 0 Å². The summed E-state index contributed by atoms with van der Waals surface area (Å²) < 4.78 is 1.16. The van der Waals surface area contributed by atoms with E-state index in [2.05, 4.69) is 48.4 Å². The van der Waals surface area contributed by atoms with Crippen LogP contribution in [0.2, 0.25) is 41.7 Å². The van der Waals surface area contributed by atoms with Crippen LogP contribution in [0.3, 0.4) is 0 Å². The van der Waals surface area contributed by atoms with Gasteiger partial charge >= 0.3 is 110 Å². The van der Waals surface area contributed by atoms with Crippen molar-refractivity contribution in [2.45, 2.75) is 48.1 Å². The first-order valence-electron chi connectivity index (χ1n) is 7.23. The molecule has 94 valence electrons. The number of hydrogen-bond acceptors (Lipinski definition) is 0. The average Bonchev–Trinajstić information content (AvgIpc) is 2.56. The van der Waals surface area contributed by atoms with Gasteiger partial charge in [0.25, 0.3) is 0 Å². The van der Waals surface area contributed by atoms with Crippen molar-refractivity contribution < 1.29 is 0 Å². The Morgan fingerprint density at radius 3 is 2.06 bits per heavy atom. The summed E-state index contributed by atoms with van der Waals surface area (Å²) in [6.45, 7) is 7.13. The van der Waals surface area contributed by atoms with Gasteiger partial charge in [-0.05, 0) is 0 Å². The van der Waals surface area contributed by atoms with Gasteiger partial charge in [0, 0.05) is 0 Å². The Morgan fingerprint density at radius 2 is 1.65 bits per heavy atom. The van der Waals surface area contributed by atoms with Crippen LogP contribution in [-0.2, 0) is 0 Å². The Balaban J connectivity index is 1.82. The van der Waals surface area contributed by atoms with Crippen molar-refractivity contribution in [3.05, 3.63) is 0 Å². The predicted molar refractivity (Wildman–Crippen MR) is 80.3 cm³/mol. The van der Waals surface area contributed by atoms with E-state index in [1.165, 1.54) is 0 Å². The van der Waals surface area contributed by atoms with Crippen LogP contribution in [0.4, 0.5) is 0 Å². The van der Waals surface area contributed by atoms with Crippen molar-refractivity contribution >= 4 is 21.3 Å². The minimum atomic E-state index is -1.45. The van der Waals surface area contributed by atoms with E-state index in [1.54, 1.807) is 6.42 Å². The van der Waals surface area contributed by atoms with Gasteiger partial charge in [0.15, 0.2) is 0 Å². The second-order valence-corrected chi connectivity index (χ2v) is 24.7. The van der Waals surface area contributed by atoms with Gasteiger partial charge in [-0.3, -0.25) is 0 Å². The monoisotopic (exact) mass is 308 g/mol. The van der Waals surface area contributed by atoms with Gasteiger partial charge in [-0.1, -0.05) is 0 Å². The standard InChI is InChI=1S/C15H26GeSi/c1-16(2,3)15-11-9-12-13(14(12)15)10(11)7-8-17(4,5)6/h10-15H,9H2,1-6H3/t10?,11-,12+,13?,14?,15?/m0/s1. The molecule has 6 atom stereocenters. The molecule has 4 aliphatic carbocycles. The molecule has 0 amide bonds. The molecule has 4 saturated carbocycles. The molecule has 0 aromatic heterocycles. The van der Waals surface area contributed by atoms with E-state index in [0.29, 0.717) is 0 Å². The summed E-state index contributed by atoms with van der Waals surface area (Å²) in [4.78, 5) is 0. The molecule has 17 heavy (non-hydrogen) atoms. The molecule has 4 rings (SSSR count). The van der Waals surface area contributed by atoms with Crippen LogP contribution in [-0.4, -0.2) is 21.3 Å². The molecule has 4 fully saturated rings. The van der Waals surface area contributed by atoms with Gasteiger partial charge in [-0.15, -0.1) is 0 Å². The zero-order valence-electron chi connectivity index (χ0n) is 12.2. The van der Waals surface area contributed by atoms with Crippen LogP contribution in [0.1, 0.15) is 6.42 Å². The Kier molecular flexibility index (Phi) is 2.51. The average molecular weight is 307 g/mol. The molecule has 0 N–H and O–H groups in total. The molecular weight excluding hydrogens is 281 g/mol. The zero-order valence-corrected chi connectivity index (χ0v) is 15.3. The fraction of sp³-hybridized carbons (Fsp3) is 0.867. The van der Waals surface area contributed by atoms with E-state index >= 15 is 0 Å². The third-order valence-corrected chi connectivity index (χ3v) is 12.0. The van der Waals surface area contributed by atoms with Gasteiger partial charge in [-0.2, -0.15) is 0 Å². The first-order chi connectivity index (χ1) is 7.70. The molecule has 0 aromatic rings. The van der Waals surface area contributed by atoms with Crippen molar-refractivity contribution in [3.8, 4) is 11.5 Å². The molecule has 0 radical (unpaired) electrons. The van der Waals surface area contributed by atoms with E-state index in [1.807, 2.05) is 0 Å². The maximum atomic E-state index is 3.75. The molecular formula is C15H26GeSi. The van der Waals surface area contributed by atoms with Gasteiger partial charge < -0.3 is 0 Å². The van der Waals surface area contributed by atoms with E-state index in [0.717, 1.165) is 34.3 Å². The molecule has 4 aliphatic rings. The predicted octanol–water partition coefficient (Wildman–Crippen LogP) is 4.09. The zero-order chi connectivity index (χ0) is 12.6. The van der Waals surface area contributed by atoms with Gasteiger partial charge in [0.2, 0.25) is 0 Å². The van der Waals surface area contributed by atoms with Gasteiger partial charge in [0.1, 0.15) is 0 Å². The first-order valence-corrected chi connectivity index (χ1v) is 18.2. The molecule has 0 nitrogen and oxygen atoms in total. The third-order valence-electron chi connectivity index (χ3n) is 5.20. The third kappa shape index (κ3) is 1.87.